The monoisotopic (exact) mass is 247 g/mol. The van der Waals surface area contributed by atoms with Crippen LogP contribution in [0.3, 0.4) is 0 Å². The highest BCUT2D eigenvalue weighted by molar-refractivity contribution is 5.81. The predicted molar refractivity (Wildman–Crippen MR) is 55.5 cm³/mol. The SMILES string of the molecule is COc1ccc(CN(C)C(=O)C(F)(F)F)cc1. The maximum absolute atomic E-state index is 12.1. The zero-order valence-electron chi connectivity index (χ0n) is 9.41. The smallest absolute Gasteiger partial charge is 0.471 e. The van der Waals surface area contributed by atoms with Crippen LogP contribution in [0.5, 0.6) is 5.75 Å². The third-order valence-electron chi connectivity index (χ3n) is 2.17. The summed E-state index contributed by atoms with van der Waals surface area (Å²) in [5.41, 5.74) is 0.603. The molecule has 1 aromatic rings. The Morgan fingerprint density at radius 2 is 1.82 bits per heavy atom. The third kappa shape index (κ3) is 3.65. The van der Waals surface area contributed by atoms with Gasteiger partial charge in [0.05, 0.1) is 7.11 Å². The predicted octanol–water partition coefficient (Wildman–Crippen LogP) is 2.22. The second-order valence-corrected chi connectivity index (χ2v) is 3.51. The number of halogens is 3. The minimum atomic E-state index is -4.83. The van der Waals surface area contributed by atoms with Crippen molar-refractivity contribution in [1.29, 1.82) is 0 Å². The molecule has 0 fully saturated rings. The molecule has 0 atom stereocenters. The molecule has 0 bridgehead atoms. The van der Waals surface area contributed by atoms with Gasteiger partial charge in [-0.05, 0) is 17.7 Å². The quantitative estimate of drug-likeness (QED) is 0.819. The van der Waals surface area contributed by atoms with E-state index in [1.165, 1.54) is 7.11 Å². The Hall–Kier alpha value is -1.72. The van der Waals surface area contributed by atoms with Crippen molar-refractivity contribution in [2.45, 2.75) is 12.7 Å². The van der Waals surface area contributed by atoms with Crippen LogP contribution < -0.4 is 4.74 Å². The molecule has 1 rings (SSSR count). The Morgan fingerprint density at radius 3 is 2.24 bits per heavy atom. The molecule has 17 heavy (non-hydrogen) atoms. The number of nitrogens with zero attached hydrogens (tertiary/aromatic N) is 1. The summed E-state index contributed by atoms with van der Waals surface area (Å²) >= 11 is 0. The first-order chi connectivity index (χ1) is 7.84. The summed E-state index contributed by atoms with van der Waals surface area (Å²) in [7, 11) is 2.61. The van der Waals surface area contributed by atoms with E-state index in [-0.39, 0.29) is 6.54 Å². The summed E-state index contributed by atoms with van der Waals surface area (Å²) in [6, 6.07) is 6.47. The van der Waals surface area contributed by atoms with Gasteiger partial charge >= 0.3 is 12.1 Å². The minimum Gasteiger partial charge on any atom is -0.497 e. The second kappa shape index (κ2) is 5.07. The van der Waals surface area contributed by atoms with Gasteiger partial charge in [-0.15, -0.1) is 0 Å². The van der Waals surface area contributed by atoms with E-state index in [1.54, 1.807) is 24.3 Å². The fourth-order valence-electron chi connectivity index (χ4n) is 1.29. The van der Waals surface area contributed by atoms with E-state index in [0.717, 1.165) is 7.05 Å². The first kappa shape index (κ1) is 13.3. The van der Waals surface area contributed by atoms with E-state index >= 15 is 0 Å². The number of hydrogen-bond acceptors (Lipinski definition) is 2. The van der Waals surface area contributed by atoms with E-state index in [1.807, 2.05) is 0 Å². The highest BCUT2D eigenvalue weighted by Gasteiger charge is 2.41. The fraction of sp³-hybridized carbons (Fsp3) is 0.364. The molecular weight excluding hydrogens is 235 g/mol. The molecule has 0 aliphatic carbocycles. The maximum Gasteiger partial charge on any atom is 0.471 e. The van der Waals surface area contributed by atoms with Crippen LogP contribution in [0.25, 0.3) is 0 Å². The number of benzene rings is 1. The molecule has 1 amide bonds. The Balaban J connectivity index is 2.68. The van der Waals surface area contributed by atoms with Crippen molar-refractivity contribution in [1.82, 2.24) is 4.90 Å². The highest BCUT2D eigenvalue weighted by Crippen LogP contribution is 2.19. The summed E-state index contributed by atoms with van der Waals surface area (Å²) in [4.78, 5) is 11.5. The maximum atomic E-state index is 12.1. The summed E-state index contributed by atoms with van der Waals surface area (Å²) in [5.74, 6) is -1.24. The van der Waals surface area contributed by atoms with Crippen LogP contribution in [0.2, 0.25) is 0 Å². The second-order valence-electron chi connectivity index (χ2n) is 3.51. The first-order valence-corrected chi connectivity index (χ1v) is 4.80. The van der Waals surface area contributed by atoms with Crippen LogP contribution in [0.15, 0.2) is 24.3 Å². The average Bonchev–Trinajstić information content (AvgIpc) is 2.27. The van der Waals surface area contributed by atoms with Gasteiger partial charge in [-0.1, -0.05) is 12.1 Å². The Bertz CT molecular complexity index is 387. The van der Waals surface area contributed by atoms with Crippen molar-refractivity contribution in [3.63, 3.8) is 0 Å². The molecule has 0 saturated heterocycles. The topological polar surface area (TPSA) is 29.5 Å². The van der Waals surface area contributed by atoms with Gasteiger partial charge in [0.1, 0.15) is 5.75 Å². The first-order valence-electron chi connectivity index (χ1n) is 4.80. The fourth-order valence-corrected chi connectivity index (χ4v) is 1.29. The van der Waals surface area contributed by atoms with Crippen LogP contribution in [0.1, 0.15) is 5.56 Å². The molecule has 0 unspecified atom stereocenters. The number of carbonyl (C=O) groups excluding carboxylic acids is 1. The molecule has 0 saturated carbocycles. The van der Waals surface area contributed by atoms with Crippen molar-refractivity contribution >= 4 is 5.91 Å². The van der Waals surface area contributed by atoms with Crippen molar-refractivity contribution in [2.24, 2.45) is 0 Å². The molecule has 3 nitrogen and oxygen atoms in total. The van der Waals surface area contributed by atoms with Gasteiger partial charge in [-0.2, -0.15) is 13.2 Å². The number of methoxy groups -OCH3 is 1. The molecular formula is C11H12F3NO2. The standard InChI is InChI=1S/C11H12F3NO2/c1-15(10(16)11(12,13)14)7-8-3-5-9(17-2)6-4-8/h3-6H,7H2,1-2H3. The van der Waals surface area contributed by atoms with Gasteiger partial charge in [0.25, 0.3) is 0 Å². The van der Waals surface area contributed by atoms with Gasteiger partial charge in [-0.25, -0.2) is 0 Å². The zero-order chi connectivity index (χ0) is 13.1. The summed E-state index contributed by atoms with van der Waals surface area (Å²) < 4.78 is 41.2. The lowest BCUT2D eigenvalue weighted by atomic mass is 10.2. The van der Waals surface area contributed by atoms with Gasteiger partial charge < -0.3 is 9.64 Å². The van der Waals surface area contributed by atoms with Crippen molar-refractivity contribution in [2.75, 3.05) is 14.2 Å². The van der Waals surface area contributed by atoms with Crippen molar-refractivity contribution < 1.29 is 22.7 Å². The molecule has 0 aliphatic heterocycles. The molecule has 0 N–H and O–H groups in total. The highest BCUT2D eigenvalue weighted by atomic mass is 19.4. The molecule has 0 aliphatic rings. The van der Waals surface area contributed by atoms with Gasteiger partial charge in [0.2, 0.25) is 0 Å². The van der Waals surface area contributed by atoms with Crippen LogP contribution in [-0.2, 0) is 11.3 Å². The number of ether oxygens (including phenoxy) is 1. The molecule has 0 spiro atoms. The summed E-state index contributed by atoms with van der Waals surface area (Å²) in [5, 5.41) is 0. The van der Waals surface area contributed by atoms with Crippen LogP contribution >= 0.6 is 0 Å². The van der Waals surface area contributed by atoms with Gasteiger partial charge in [0.15, 0.2) is 0 Å². The summed E-state index contributed by atoms with van der Waals surface area (Å²) in [6.45, 7) is -0.0949. The van der Waals surface area contributed by atoms with E-state index in [4.69, 9.17) is 4.74 Å². The molecule has 1 aromatic carbocycles. The molecule has 0 radical (unpaired) electrons. The average molecular weight is 247 g/mol. The van der Waals surface area contributed by atoms with E-state index in [9.17, 15) is 18.0 Å². The lowest BCUT2D eigenvalue weighted by molar-refractivity contribution is -0.184. The largest absolute Gasteiger partial charge is 0.497 e. The van der Waals surface area contributed by atoms with Crippen LogP contribution in [0.4, 0.5) is 13.2 Å². The van der Waals surface area contributed by atoms with E-state index in [0.29, 0.717) is 16.2 Å². The molecule has 6 heteroatoms. The van der Waals surface area contributed by atoms with Crippen LogP contribution in [-0.4, -0.2) is 31.1 Å². The number of hydrogen-bond donors (Lipinski definition) is 0. The van der Waals surface area contributed by atoms with Gasteiger partial charge in [-0.3, -0.25) is 4.79 Å². The third-order valence-corrected chi connectivity index (χ3v) is 2.17. The van der Waals surface area contributed by atoms with Crippen LogP contribution in [0, 0.1) is 0 Å². The number of amides is 1. The summed E-state index contributed by atoms with van der Waals surface area (Å²) in [6.07, 6.45) is -4.83. The lowest BCUT2D eigenvalue weighted by Crippen LogP contribution is -2.37. The zero-order valence-corrected chi connectivity index (χ0v) is 9.41. The normalized spacial score (nSPS) is 11.1. The molecule has 94 valence electrons. The van der Waals surface area contributed by atoms with E-state index in [2.05, 4.69) is 0 Å². The van der Waals surface area contributed by atoms with Crippen molar-refractivity contribution in [3.05, 3.63) is 29.8 Å². The Labute approximate surface area is 96.8 Å². The minimum absolute atomic E-state index is 0.0949. The molecule has 0 heterocycles. The lowest BCUT2D eigenvalue weighted by Gasteiger charge is -2.18. The number of carbonyl (C=O) groups is 1. The van der Waals surface area contributed by atoms with E-state index < -0.39 is 12.1 Å². The van der Waals surface area contributed by atoms with Gasteiger partial charge in [0, 0.05) is 13.6 Å². The Kier molecular flexibility index (Phi) is 3.98. The molecule has 0 aromatic heterocycles. The number of rotatable bonds is 3. The Morgan fingerprint density at radius 1 is 1.29 bits per heavy atom. The number of alkyl halides is 3. The van der Waals surface area contributed by atoms with Crippen molar-refractivity contribution in [3.8, 4) is 5.75 Å².